The number of halogens is 1. The molecule has 3 heterocycles. The first-order valence-corrected chi connectivity index (χ1v) is 11.6. The fraction of sp³-hybridized carbons (Fsp3) is 0.346. The molecule has 1 saturated carbocycles. The van der Waals surface area contributed by atoms with Crippen LogP contribution in [0.15, 0.2) is 54.6 Å². The summed E-state index contributed by atoms with van der Waals surface area (Å²) >= 11 is 0. The molecule has 2 unspecified atom stereocenters. The molecule has 3 aromatic rings. The molecule has 0 bridgehead atoms. The van der Waals surface area contributed by atoms with Crippen LogP contribution in [-0.2, 0) is 0 Å². The van der Waals surface area contributed by atoms with Crippen LogP contribution in [0.2, 0.25) is 0 Å². The van der Waals surface area contributed by atoms with Crippen molar-refractivity contribution in [3.8, 4) is 5.69 Å². The Balaban J connectivity index is 1.32. The molecule has 1 aromatic heterocycles. The molecular formula is C26H25FN4O2. The third kappa shape index (κ3) is 3.17. The normalized spacial score (nSPS) is 22.2. The molecule has 2 fully saturated rings. The highest BCUT2D eigenvalue weighted by molar-refractivity contribution is 5.99. The van der Waals surface area contributed by atoms with Crippen molar-refractivity contribution < 1.29 is 14.0 Å². The van der Waals surface area contributed by atoms with Gasteiger partial charge in [0, 0.05) is 18.7 Å². The number of amides is 2. The molecule has 2 atom stereocenters. The van der Waals surface area contributed by atoms with Gasteiger partial charge in [0.15, 0.2) is 0 Å². The van der Waals surface area contributed by atoms with Crippen LogP contribution in [-0.4, -0.2) is 50.5 Å². The van der Waals surface area contributed by atoms with E-state index >= 15 is 0 Å². The average Bonchev–Trinajstić information content (AvgIpc) is 3.33. The Morgan fingerprint density at radius 2 is 1.76 bits per heavy atom. The van der Waals surface area contributed by atoms with Gasteiger partial charge in [-0.05, 0) is 56.4 Å². The minimum Gasteiger partial charge on any atom is -0.336 e. The van der Waals surface area contributed by atoms with Gasteiger partial charge in [-0.25, -0.2) is 9.07 Å². The first-order valence-electron chi connectivity index (χ1n) is 11.6. The highest BCUT2D eigenvalue weighted by Gasteiger charge is 2.52. The molecule has 2 aliphatic heterocycles. The number of rotatable bonds is 4. The molecule has 3 aliphatic rings. The Bertz CT molecular complexity index is 1250. The number of aryl methyl sites for hydroxylation is 1. The monoisotopic (exact) mass is 444 g/mol. The van der Waals surface area contributed by atoms with Crippen LogP contribution < -0.4 is 0 Å². The maximum atomic E-state index is 14.2. The highest BCUT2D eigenvalue weighted by atomic mass is 19.1. The van der Waals surface area contributed by atoms with Gasteiger partial charge < -0.3 is 9.80 Å². The summed E-state index contributed by atoms with van der Waals surface area (Å²) in [5, 5.41) is 4.73. The van der Waals surface area contributed by atoms with Gasteiger partial charge in [0.05, 0.1) is 29.0 Å². The van der Waals surface area contributed by atoms with E-state index in [4.69, 9.17) is 5.10 Å². The van der Waals surface area contributed by atoms with E-state index < -0.39 is 5.82 Å². The molecule has 0 N–H and O–H groups in total. The predicted molar refractivity (Wildman–Crippen MR) is 121 cm³/mol. The number of aromatic nitrogens is 2. The van der Waals surface area contributed by atoms with Crippen molar-refractivity contribution in [2.75, 3.05) is 13.1 Å². The van der Waals surface area contributed by atoms with E-state index in [1.165, 1.54) is 12.1 Å². The Kier molecular flexibility index (Phi) is 4.60. The van der Waals surface area contributed by atoms with E-state index in [0.717, 1.165) is 29.8 Å². The zero-order valence-electron chi connectivity index (χ0n) is 18.4. The van der Waals surface area contributed by atoms with Gasteiger partial charge in [0.25, 0.3) is 11.8 Å². The van der Waals surface area contributed by atoms with E-state index in [0.29, 0.717) is 31.1 Å². The molecule has 33 heavy (non-hydrogen) atoms. The molecule has 0 spiro atoms. The van der Waals surface area contributed by atoms with Gasteiger partial charge in [0.1, 0.15) is 11.5 Å². The minimum absolute atomic E-state index is 0.00141. The number of hydrogen-bond donors (Lipinski definition) is 0. The van der Waals surface area contributed by atoms with Crippen molar-refractivity contribution in [3.63, 3.8) is 0 Å². The van der Waals surface area contributed by atoms with Crippen molar-refractivity contribution in [3.05, 3.63) is 82.9 Å². The highest BCUT2D eigenvalue weighted by Crippen LogP contribution is 2.52. The number of fused-ring (bicyclic) bond motifs is 1. The number of carbonyl (C=O) groups excluding carboxylic acids is 2. The van der Waals surface area contributed by atoms with Crippen LogP contribution in [0.1, 0.15) is 57.4 Å². The molecular weight excluding hydrogens is 419 g/mol. The first-order chi connectivity index (χ1) is 16.0. The summed E-state index contributed by atoms with van der Waals surface area (Å²) in [7, 11) is 0. The van der Waals surface area contributed by atoms with Crippen LogP contribution in [0, 0.1) is 18.7 Å². The van der Waals surface area contributed by atoms with E-state index in [1.807, 2.05) is 42.2 Å². The van der Waals surface area contributed by atoms with Crippen LogP contribution in [0.25, 0.3) is 5.69 Å². The van der Waals surface area contributed by atoms with Gasteiger partial charge in [-0.3, -0.25) is 9.59 Å². The maximum absolute atomic E-state index is 14.2. The predicted octanol–water partition coefficient (Wildman–Crippen LogP) is 4.14. The number of benzene rings is 2. The van der Waals surface area contributed by atoms with E-state index in [-0.39, 0.29) is 29.5 Å². The van der Waals surface area contributed by atoms with Gasteiger partial charge in [-0.2, -0.15) is 5.10 Å². The van der Waals surface area contributed by atoms with E-state index in [1.54, 1.807) is 21.7 Å². The molecule has 0 radical (unpaired) electrons. The van der Waals surface area contributed by atoms with Gasteiger partial charge >= 0.3 is 0 Å². The summed E-state index contributed by atoms with van der Waals surface area (Å²) in [6, 6.07) is 15.7. The number of para-hydroxylation sites is 1. The second-order valence-corrected chi connectivity index (χ2v) is 9.26. The molecule has 1 saturated heterocycles. The molecule has 6 rings (SSSR count). The minimum atomic E-state index is -0.509. The quantitative estimate of drug-likeness (QED) is 0.608. The second kappa shape index (κ2) is 7.54. The lowest BCUT2D eigenvalue weighted by atomic mass is 10.0. The SMILES string of the molecule is Cc1nn(-c2ccccc2)c2c1C(C1CC1)N(C1CCN(C(=O)c3ccccc3F)C1)C2=O. The fourth-order valence-electron chi connectivity index (χ4n) is 5.47. The molecule has 1 aliphatic carbocycles. The maximum Gasteiger partial charge on any atom is 0.273 e. The first kappa shape index (κ1) is 20.1. The molecule has 6 nitrogen and oxygen atoms in total. The van der Waals surface area contributed by atoms with Crippen molar-refractivity contribution in [2.45, 2.75) is 38.3 Å². The number of carbonyl (C=O) groups is 2. The number of nitrogens with zero attached hydrogens (tertiary/aromatic N) is 4. The molecule has 2 aromatic carbocycles. The van der Waals surface area contributed by atoms with Crippen molar-refractivity contribution in [2.24, 2.45) is 5.92 Å². The summed E-state index contributed by atoms with van der Waals surface area (Å²) in [6.07, 6.45) is 2.88. The lowest BCUT2D eigenvalue weighted by molar-refractivity contribution is 0.0578. The van der Waals surface area contributed by atoms with Crippen molar-refractivity contribution in [1.82, 2.24) is 19.6 Å². The summed E-state index contributed by atoms with van der Waals surface area (Å²) in [5.74, 6) is -0.408. The largest absolute Gasteiger partial charge is 0.336 e. The van der Waals surface area contributed by atoms with Crippen molar-refractivity contribution in [1.29, 1.82) is 0 Å². The zero-order valence-corrected chi connectivity index (χ0v) is 18.4. The lowest BCUT2D eigenvalue weighted by Crippen LogP contribution is -2.42. The zero-order chi connectivity index (χ0) is 22.7. The lowest BCUT2D eigenvalue weighted by Gasteiger charge is -2.31. The van der Waals surface area contributed by atoms with E-state index in [2.05, 4.69) is 0 Å². The van der Waals surface area contributed by atoms with Crippen molar-refractivity contribution >= 4 is 11.8 Å². The van der Waals surface area contributed by atoms with Gasteiger partial charge in [-0.15, -0.1) is 0 Å². The fourth-order valence-corrected chi connectivity index (χ4v) is 5.47. The molecule has 7 heteroatoms. The van der Waals surface area contributed by atoms with Crippen LogP contribution in [0.4, 0.5) is 4.39 Å². The Morgan fingerprint density at radius 1 is 1.03 bits per heavy atom. The number of likely N-dealkylation sites (tertiary alicyclic amines) is 1. The van der Waals surface area contributed by atoms with Crippen LogP contribution in [0.3, 0.4) is 0 Å². The van der Waals surface area contributed by atoms with Gasteiger partial charge in [-0.1, -0.05) is 30.3 Å². The number of hydrogen-bond acceptors (Lipinski definition) is 3. The Morgan fingerprint density at radius 3 is 2.48 bits per heavy atom. The van der Waals surface area contributed by atoms with Crippen LogP contribution >= 0.6 is 0 Å². The van der Waals surface area contributed by atoms with Crippen LogP contribution in [0.5, 0.6) is 0 Å². The summed E-state index contributed by atoms with van der Waals surface area (Å²) in [4.78, 5) is 30.5. The second-order valence-electron chi connectivity index (χ2n) is 9.26. The molecule has 168 valence electrons. The Hall–Kier alpha value is -3.48. The Labute approximate surface area is 191 Å². The summed E-state index contributed by atoms with van der Waals surface area (Å²) in [6.45, 7) is 2.91. The standard InChI is InChI=1S/C26H25FN4O2/c1-16-22-23(17-11-12-17)30(26(33)24(22)31(28-16)18-7-3-2-4-8-18)19-13-14-29(15-19)25(32)20-9-5-6-10-21(20)27/h2-10,17,19,23H,11-15H2,1H3. The summed E-state index contributed by atoms with van der Waals surface area (Å²) < 4.78 is 16.0. The van der Waals surface area contributed by atoms with E-state index in [9.17, 15) is 14.0 Å². The smallest absolute Gasteiger partial charge is 0.273 e. The topological polar surface area (TPSA) is 58.4 Å². The summed E-state index contributed by atoms with van der Waals surface area (Å²) in [5.41, 5.74) is 3.52. The third-order valence-electron chi connectivity index (χ3n) is 7.16. The van der Waals surface area contributed by atoms with Gasteiger partial charge in [0.2, 0.25) is 0 Å². The third-order valence-corrected chi connectivity index (χ3v) is 7.16. The average molecular weight is 445 g/mol. The molecule has 2 amide bonds.